The Morgan fingerprint density at radius 1 is 0.952 bits per heavy atom. The van der Waals surface area contributed by atoms with Gasteiger partial charge < -0.3 is 15.1 Å². The van der Waals surface area contributed by atoms with Gasteiger partial charge in [0.25, 0.3) is 11.8 Å². The second kappa shape index (κ2) is 10.4. The maximum atomic E-state index is 16.4. The van der Waals surface area contributed by atoms with Crippen LogP contribution in [0.5, 0.6) is 0 Å². The lowest BCUT2D eigenvalue weighted by Crippen LogP contribution is -2.56. The van der Waals surface area contributed by atoms with Crippen molar-refractivity contribution in [2.45, 2.75) is 31.5 Å². The summed E-state index contributed by atoms with van der Waals surface area (Å²) >= 11 is 0. The molecule has 212 valence electrons. The molecule has 2 amide bonds. The fraction of sp³-hybridized carbons (Fsp3) is 0.188. The Kier molecular flexibility index (Phi) is 6.76. The molecular weight excluding hydrogens is 545 g/mol. The molecule has 0 aliphatic heterocycles. The summed E-state index contributed by atoms with van der Waals surface area (Å²) in [7, 11) is 1.42. The third kappa shape index (κ3) is 4.58. The van der Waals surface area contributed by atoms with Gasteiger partial charge in [0.1, 0.15) is 34.7 Å². The molecule has 1 fully saturated rings. The molecule has 0 saturated heterocycles. The summed E-state index contributed by atoms with van der Waals surface area (Å²) in [4.78, 5) is 34.8. The Balaban J connectivity index is 1.42. The van der Waals surface area contributed by atoms with Crippen molar-refractivity contribution in [2.75, 3.05) is 7.05 Å². The van der Waals surface area contributed by atoms with Crippen molar-refractivity contribution in [3.8, 4) is 22.5 Å². The molecular formula is C32H25F3N4O3. The van der Waals surface area contributed by atoms with Crippen molar-refractivity contribution in [2.24, 2.45) is 0 Å². The maximum Gasteiger partial charge on any atom is 0.255 e. The van der Waals surface area contributed by atoms with Crippen molar-refractivity contribution in [1.29, 1.82) is 0 Å². The molecule has 5 aromatic rings. The van der Waals surface area contributed by atoms with Gasteiger partial charge in [0.2, 0.25) is 0 Å². The highest BCUT2D eigenvalue weighted by atomic mass is 19.1. The number of carbonyl (C=O) groups excluding carboxylic acids is 2. The Hall–Kier alpha value is -4.99. The second-order valence-corrected chi connectivity index (χ2v) is 10.3. The molecule has 0 bridgehead atoms. The lowest BCUT2D eigenvalue weighted by Gasteiger charge is -2.43. The molecule has 2 N–H and O–H groups in total. The van der Waals surface area contributed by atoms with Crippen LogP contribution in [0.15, 0.2) is 77.5 Å². The summed E-state index contributed by atoms with van der Waals surface area (Å²) in [6, 6.07) is 14.9. The van der Waals surface area contributed by atoms with Crippen molar-refractivity contribution < 1.29 is 27.2 Å². The molecule has 2 aromatic heterocycles. The van der Waals surface area contributed by atoms with Crippen molar-refractivity contribution in [3.05, 3.63) is 107 Å². The van der Waals surface area contributed by atoms with Gasteiger partial charge in [0.05, 0.1) is 10.9 Å². The Bertz CT molecular complexity index is 1830. The first kappa shape index (κ1) is 27.2. The molecule has 3 aromatic carbocycles. The van der Waals surface area contributed by atoms with Crippen LogP contribution in [0.1, 0.15) is 44.9 Å². The highest BCUT2D eigenvalue weighted by molar-refractivity contribution is 6.12. The molecule has 1 saturated carbocycles. The molecule has 42 heavy (non-hydrogen) atoms. The molecule has 1 aliphatic rings. The van der Waals surface area contributed by atoms with E-state index in [4.69, 9.17) is 4.42 Å². The van der Waals surface area contributed by atoms with Crippen LogP contribution in [0.2, 0.25) is 0 Å². The van der Waals surface area contributed by atoms with Crippen LogP contribution < -0.4 is 10.6 Å². The SMILES string of the molecule is CNC(=O)c1c(-c2ccc(F)cc2)oc2ccc(-c3cc(C(=O)NC4(c5ncccn5)CC(F)C4)ccc3C)c(F)c12. The van der Waals surface area contributed by atoms with E-state index in [0.717, 1.165) is 0 Å². The number of aryl methyl sites for hydroxylation is 1. The molecule has 7 nitrogen and oxygen atoms in total. The van der Waals surface area contributed by atoms with Crippen LogP contribution in [0, 0.1) is 18.6 Å². The lowest BCUT2D eigenvalue weighted by atomic mass is 9.74. The summed E-state index contributed by atoms with van der Waals surface area (Å²) in [5.74, 6) is -1.80. The van der Waals surface area contributed by atoms with E-state index >= 15 is 4.39 Å². The Morgan fingerprint density at radius 3 is 2.33 bits per heavy atom. The zero-order valence-electron chi connectivity index (χ0n) is 22.7. The third-order valence-electron chi connectivity index (χ3n) is 7.63. The second-order valence-electron chi connectivity index (χ2n) is 10.3. The van der Waals surface area contributed by atoms with E-state index in [2.05, 4.69) is 20.6 Å². The fourth-order valence-electron chi connectivity index (χ4n) is 5.43. The van der Waals surface area contributed by atoms with E-state index in [0.29, 0.717) is 22.5 Å². The number of hydrogen-bond acceptors (Lipinski definition) is 5. The van der Waals surface area contributed by atoms with Gasteiger partial charge in [0, 0.05) is 49.0 Å². The fourth-order valence-corrected chi connectivity index (χ4v) is 5.43. The van der Waals surface area contributed by atoms with Crippen molar-refractivity contribution in [1.82, 2.24) is 20.6 Å². The molecule has 0 radical (unpaired) electrons. The molecule has 1 aliphatic carbocycles. The summed E-state index contributed by atoms with van der Waals surface area (Å²) < 4.78 is 49.8. The van der Waals surface area contributed by atoms with Crippen molar-refractivity contribution in [3.63, 3.8) is 0 Å². The van der Waals surface area contributed by atoms with Gasteiger partial charge in [-0.15, -0.1) is 0 Å². The van der Waals surface area contributed by atoms with E-state index in [1.165, 1.54) is 49.8 Å². The van der Waals surface area contributed by atoms with Crippen LogP contribution in [0.3, 0.4) is 0 Å². The number of fused-ring (bicyclic) bond motifs is 1. The van der Waals surface area contributed by atoms with Crippen LogP contribution in [-0.4, -0.2) is 35.0 Å². The summed E-state index contributed by atoms with van der Waals surface area (Å²) in [6.07, 6.45) is 2.08. The van der Waals surface area contributed by atoms with E-state index in [-0.39, 0.29) is 46.3 Å². The van der Waals surface area contributed by atoms with Gasteiger partial charge in [-0.25, -0.2) is 23.1 Å². The lowest BCUT2D eigenvalue weighted by molar-refractivity contribution is 0.0481. The van der Waals surface area contributed by atoms with E-state index in [1.54, 1.807) is 37.3 Å². The third-order valence-corrected chi connectivity index (χ3v) is 7.63. The molecule has 0 spiro atoms. The van der Waals surface area contributed by atoms with Gasteiger partial charge in [-0.05, 0) is 72.6 Å². The van der Waals surface area contributed by atoms with Crippen LogP contribution >= 0.6 is 0 Å². The molecule has 10 heteroatoms. The van der Waals surface area contributed by atoms with Crippen LogP contribution in [0.4, 0.5) is 13.2 Å². The number of nitrogens with zero attached hydrogens (tertiary/aromatic N) is 2. The minimum absolute atomic E-state index is 0.0272. The van der Waals surface area contributed by atoms with E-state index < -0.39 is 35.2 Å². The number of benzene rings is 3. The zero-order valence-corrected chi connectivity index (χ0v) is 22.7. The van der Waals surface area contributed by atoms with Gasteiger partial charge >= 0.3 is 0 Å². The molecule has 0 atom stereocenters. The molecule has 6 rings (SSSR count). The number of aromatic nitrogens is 2. The minimum Gasteiger partial charge on any atom is -0.455 e. The van der Waals surface area contributed by atoms with Crippen LogP contribution in [0.25, 0.3) is 33.4 Å². The average molecular weight is 571 g/mol. The molecule has 2 heterocycles. The number of carbonyl (C=O) groups is 2. The van der Waals surface area contributed by atoms with Gasteiger partial charge in [-0.2, -0.15) is 0 Å². The number of rotatable bonds is 6. The smallest absolute Gasteiger partial charge is 0.255 e. The predicted octanol–water partition coefficient (Wildman–Crippen LogP) is 6.26. The van der Waals surface area contributed by atoms with Gasteiger partial charge in [-0.3, -0.25) is 9.59 Å². The Morgan fingerprint density at radius 2 is 1.67 bits per heavy atom. The Labute approximate surface area is 238 Å². The first-order valence-electron chi connectivity index (χ1n) is 13.3. The quantitative estimate of drug-likeness (QED) is 0.251. The number of hydrogen-bond donors (Lipinski definition) is 2. The van der Waals surface area contributed by atoms with Gasteiger partial charge in [-0.1, -0.05) is 6.07 Å². The van der Waals surface area contributed by atoms with Gasteiger partial charge in [0.15, 0.2) is 5.82 Å². The average Bonchev–Trinajstić information content (AvgIpc) is 3.38. The van der Waals surface area contributed by atoms with Crippen LogP contribution in [-0.2, 0) is 5.54 Å². The normalized spacial score (nSPS) is 18.0. The highest BCUT2D eigenvalue weighted by Gasteiger charge is 2.49. The number of alkyl halides is 1. The summed E-state index contributed by atoms with van der Waals surface area (Å²) in [5, 5.41) is 5.38. The topological polar surface area (TPSA) is 97.1 Å². The number of halogens is 3. The monoisotopic (exact) mass is 570 g/mol. The number of furan rings is 1. The van der Waals surface area contributed by atoms with E-state index in [9.17, 15) is 18.4 Å². The summed E-state index contributed by atoms with van der Waals surface area (Å²) in [5.41, 5.74) is 0.974. The zero-order chi connectivity index (χ0) is 29.6. The molecule has 0 unspecified atom stereocenters. The standard InChI is InChI=1S/C32H25F3N4O3/c1-17-4-5-19(29(40)39-32(15-21(34)16-32)31-37-12-3-13-38-31)14-23(17)22-10-11-24-25(27(22)35)26(30(41)36-2)28(42-24)18-6-8-20(33)9-7-18/h3-14,21H,15-16H2,1-2H3,(H,36,41)(H,39,40). The van der Waals surface area contributed by atoms with E-state index in [1.807, 2.05) is 0 Å². The first-order chi connectivity index (χ1) is 20.2. The van der Waals surface area contributed by atoms with Crippen molar-refractivity contribution >= 4 is 22.8 Å². The largest absolute Gasteiger partial charge is 0.455 e. The highest BCUT2D eigenvalue weighted by Crippen LogP contribution is 2.42. The maximum absolute atomic E-state index is 16.4. The summed E-state index contributed by atoms with van der Waals surface area (Å²) in [6.45, 7) is 1.78. The minimum atomic E-state index is -1.09. The number of amides is 2. The number of nitrogens with one attached hydrogen (secondary N) is 2. The first-order valence-corrected chi connectivity index (χ1v) is 13.3. The predicted molar refractivity (Wildman–Crippen MR) is 150 cm³/mol.